The largest absolute Gasteiger partial charge is 0.316 e. The van der Waals surface area contributed by atoms with Gasteiger partial charge in [0.1, 0.15) is 24.7 Å². The number of hydrogen-bond donors (Lipinski definition) is 0. The second-order valence-corrected chi connectivity index (χ2v) is 12.8. The Morgan fingerprint density at radius 1 is 0.511 bits per heavy atom. The second-order valence-electron chi connectivity index (χ2n) is 12.8. The van der Waals surface area contributed by atoms with Crippen molar-refractivity contribution in [3.8, 4) is 33.4 Å². The van der Waals surface area contributed by atoms with Gasteiger partial charge in [0, 0.05) is 33.4 Å². The molecule has 0 aliphatic carbocycles. The molecule has 0 atom stereocenters. The van der Waals surface area contributed by atoms with Gasteiger partial charge in [0.25, 0.3) is 0 Å². The molecule has 7 rings (SSSR count). The lowest BCUT2D eigenvalue weighted by atomic mass is 9.82. The first kappa shape index (κ1) is 29.4. The number of rotatable bonds is 8. The first-order valence-corrected chi connectivity index (χ1v) is 16.5. The molecule has 0 unspecified atom stereocenters. The molecule has 0 saturated carbocycles. The molecule has 45 heavy (non-hydrogen) atoms. The molecular formula is C42H40F2N+. The van der Waals surface area contributed by atoms with Gasteiger partial charge in [-0.05, 0) is 69.8 Å². The summed E-state index contributed by atoms with van der Waals surface area (Å²) in [6.07, 6.45) is 4.39. The molecule has 6 aromatic rings. The van der Waals surface area contributed by atoms with Gasteiger partial charge in [-0.1, -0.05) is 112 Å². The summed E-state index contributed by atoms with van der Waals surface area (Å²) in [5.41, 5.74) is 7.94. The fourth-order valence-electron chi connectivity index (χ4n) is 7.66. The Kier molecular flexibility index (Phi) is 7.97. The molecule has 1 aliphatic rings. The van der Waals surface area contributed by atoms with Crippen LogP contribution in [0.5, 0.6) is 0 Å². The van der Waals surface area contributed by atoms with Crippen molar-refractivity contribution >= 4 is 21.5 Å². The quantitative estimate of drug-likeness (QED) is 0.153. The van der Waals surface area contributed by atoms with E-state index in [1.807, 2.05) is 24.3 Å². The molecule has 0 bridgehead atoms. The van der Waals surface area contributed by atoms with Crippen LogP contribution in [0.25, 0.3) is 54.9 Å². The minimum Gasteiger partial charge on any atom is -0.316 e. The van der Waals surface area contributed by atoms with E-state index in [0.29, 0.717) is 11.1 Å². The first-order valence-electron chi connectivity index (χ1n) is 16.5. The normalized spacial score (nSPS) is 13.9. The van der Waals surface area contributed by atoms with Gasteiger partial charge in [-0.3, -0.25) is 0 Å². The zero-order chi connectivity index (χ0) is 31.0. The van der Waals surface area contributed by atoms with Crippen LogP contribution in [0.1, 0.15) is 50.7 Å². The van der Waals surface area contributed by atoms with Gasteiger partial charge in [0.15, 0.2) is 0 Å². The van der Waals surface area contributed by atoms with Crippen molar-refractivity contribution in [1.82, 2.24) is 0 Å². The summed E-state index contributed by atoms with van der Waals surface area (Å²) in [6, 6.07) is 35.9. The highest BCUT2D eigenvalue weighted by molar-refractivity contribution is 6.12. The van der Waals surface area contributed by atoms with Crippen LogP contribution in [0.4, 0.5) is 8.78 Å². The van der Waals surface area contributed by atoms with Gasteiger partial charge >= 0.3 is 0 Å². The zero-order valence-corrected chi connectivity index (χ0v) is 26.3. The van der Waals surface area contributed by atoms with E-state index in [-0.39, 0.29) is 11.6 Å². The van der Waals surface area contributed by atoms with Crippen molar-refractivity contribution in [1.29, 1.82) is 0 Å². The van der Waals surface area contributed by atoms with Crippen LogP contribution in [0.15, 0.2) is 109 Å². The summed E-state index contributed by atoms with van der Waals surface area (Å²) in [5, 5.41) is 4.50. The predicted octanol–water partition coefficient (Wildman–Crippen LogP) is 11.7. The van der Waals surface area contributed by atoms with Crippen LogP contribution >= 0.6 is 0 Å². The number of benzene rings is 6. The van der Waals surface area contributed by atoms with E-state index in [9.17, 15) is 0 Å². The molecule has 0 spiro atoms. The van der Waals surface area contributed by atoms with Gasteiger partial charge in [-0.2, -0.15) is 0 Å². The molecule has 0 radical (unpaired) electrons. The number of halogens is 2. The maximum atomic E-state index is 15.8. The van der Waals surface area contributed by atoms with E-state index < -0.39 is 0 Å². The molecule has 1 aliphatic heterocycles. The third-order valence-electron chi connectivity index (χ3n) is 9.85. The zero-order valence-electron chi connectivity index (χ0n) is 26.3. The van der Waals surface area contributed by atoms with Crippen LogP contribution in [0, 0.1) is 11.6 Å². The second kappa shape index (κ2) is 12.2. The van der Waals surface area contributed by atoms with E-state index in [4.69, 9.17) is 0 Å². The smallest absolute Gasteiger partial charge is 0.131 e. The van der Waals surface area contributed by atoms with Crippen LogP contribution in [0.3, 0.4) is 0 Å². The highest BCUT2D eigenvalue weighted by Crippen LogP contribution is 2.50. The summed E-state index contributed by atoms with van der Waals surface area (Å²) >= 11 is 0. The van der Waals surface area contributed by atoms with E-state index in [0.717, 1.165) is 89.0 Å². The Morgan fingerprint density at radius 2 is 0.911 bits per heavy atom. The first-order chi connectivity index (χ1) is 22.0. The number of fused-ring (bicyclic) bond motifs is 7. The van der Waals surface area contributed by atoms with Crippen molar-refractivity contribution in [2.75, 3.05) is 13.1 Å². The lowest BCUT2D eigenvalue weighted by Gasteiger charge is -2.39. The third kappa shape index (κ3) is 5.23. The van der Waals surface area contributed by atoms with Crippen LogP contribution in [-0.4, -0.2) is 17.6 Å². The molecule has 1 nitrogen and oxygen atoms in total. The van der Waals surface area contributed by atoms with Gasteiger partial charge in [0.2, 0.25) is 0 Å². The molecule has 0 N–H and O–H groups in total. The molecule has 0 amide bonds. The Balaban J connectivity index is 1.70. The fraction of sp³-hybridized carbons (Fsp3) is 0.238. The van der Waals surface area contributed by atoms with E-state index in [2.05, 4.69) is 74.5 Å². The third-order valence-corrected chi connectivity index (χ3v) is 9.85. The summed E-state index contributed by atoms with van der Waals surface area (Å²) in [4.78, 5) is 0. The van der Waals surface area contributed by atoms with Crippen molar-refractivity contribution in [3.63, 3.8) is 0 Å². The molecule has 3 heteroatoms. The van der Waals surface area contributed by atoms with E-state index in [1.165, 1.54) is 22.3 Å². The van der Waals surface area contributed by atoms with Crippen LogP contribution < -0.4 is 0 Å². The van der Waals surface area contributed by atoms with Gasteiger partial charge < -0.3 is 4.48 Å². The molecule has 0 saturated heterocycles. The SMILES string of the molecule is CCCC[N+]1(CCCC)Cc2c(-c3ccccc3F)cc3ccccc3c2-c2c(c(-c3ccccc3F)cc3ccccc23)C1. The molecule has 0 fully saturated rings. The maximum absolute atomic E-state index is 15.8. The Hall–Kier alpha value is -4.34. The van der Waals surface area contributed by atoms with Gasteiger partial charge in [-0.25, -0.2) is 8.78 Å². The summed E-state index contributed by atoms with van der Waals surface area (Å²) in [6.45, 7) is 8.14. The average Bonchev–Trinajstić information content (AvgIpc) is 3.22. The Bertz CT molecular complexity index is 1880. The molecule has 0 aromatic heterocycles. The van der Waals surface area contributed by atoms with Crippen molar-refractivity contribution < 1.29 is 13.3 Å². The highest BCUT2D eigenvalue weighted by atomic mass is 19.1. The molecule has 1 heterocycles. The summed E-state index contributed by atoms with van der Waals surface area (Å²) in [7, 11) is 0. The fourth-order valence-corrected chi connectivity index (χ4v) is 7.66. The lowest BCUT2D eigenvalue weighted by molar-refractivity contribution is -0.953. The number of unbranched alkanes of at least 4 members (excludes halogenated alkanes) is 2. The van der Waals surface area contributed by atoms with Crippen molar-refractivity contribution in [2.45, 2.75) is 52.6 Å². The number of hydrogen-bond acceptors (Lipinski definition) is 0. The minimum atomic E-state index is -0.204. The maximum Gasteiger partial charge on any atom is 0.131 e. The minimum absolute atomic E-state index is 0.204. The predicted molar refractivity (Wildman–Crippen MR) is 185 cm³/mol. The Labute approximate surface area is 265 Å². The van der Waals surface area contributed by atoms with Gasteiger partial charge in [0.05, 0.1) is 13.1 Å². The van der Waals surface area contributed by atoms with E-state index >= 15 is 8.78 Å². The van der Waals surface area contributed by atoms with Crippen molar-refractivity contribution in [2.24, 2.45) is 0 Å². The number of quaternary nitrogens is 1. The van der Waals surface area contributed by atoms with E-state index in [1.54, 1.807) is 24.3 Å². The molecular weight excluding hydrogens is 556 g/mol. The van der Waals surface area contributed by atoms with Crippen LogP contribution in [0.2, 0.25) is 0 Å². The molecule has 226 valence electrons. The molecule has 6 aromatic carbocycles. The monoisotopic (exact) mass is 596 g/mol. The average molecular weight is 597 g/mol. The standard InChI is InChI=1S/C42H40F2N/c1-3-5-23-45(24-6-4-2)27-37-35(33-19-11-13-21-39(33)43)25-29-15-7-9-17-31(29)41(37)42-32-18-10-8-16-30(32)26-36(38(42)28-45)34-20-12-14-22-40(34)44/h7-22,25-26H,3-6,23-24,27-28H2,1-2H3/q+1. The summed E-state index contributed by atoms with van der Waals surface area (Å²) < 4.78 is 32.4. The Morgan fingerprint density at radius 3 is 1.33 bits per heavy atom. The topological polar surface area (TPSA) is 0 Å². The number of nitrogens with zero attached hydrogens (tertiary/aromatic N) is 1. The lowest BCUT2D eigenvalue weighted by Crippen LogP contribution is -2.47. The van der Waals surface area contributed by atoms with Gasteiger partial charge in [-0.15, -0.1) is 0 Å². The summed E-state index contributed by atoms with van der Waals surface area (Å²) in [5.74, 6) is -0.408. The van der Waals surface area contributed by atoms with Crippen molar-refractivity contribution in [3.05, 3.63) is 132 Å². The highest BCUT2D eigenvalue weighted by Gasteiger charge is 2.37. The van der Waals surface area contributed by atoms with Crippen LogP contribution in [-0.2, 0) is 13.1 Å².